The van der Waals surface area contributed by atoms with Crippen molar-refractivity contribution >= 4 is 21.8 Å². The number of nitrogens with two attached hydrogens (primary N) is 2. The maximum Gasteiger partial charge on any atom is 0.234 e. The number of nitrogens with zero attached hydrogens (tertiary/aromatic N) is 2. The molecule has 0 aliphatic rings. The van der Waals surface area contributed by atoms with E-state index in [1.165, 1.54) is 0 Å². The van der Waals surface area contributed by atoms with Crippen molar-refractivity contribution in [3.8, 4) is 0 Å². The Balaban J connectivity index is 3.01. The zero-order valence-electron chi connectivity index (χ0n) is 9.53. The van der Waals surface area contributed by atoms with Gasteiger partial charge in [-0.15, -0.1) is 0 Å². The third-order valence-electron chi connectivity index (χ3n) is 2.47. The SMILES string of the molecule is CCc1nn(CC)c(CC(N)C(N)=O)c1Br. The van der Waals surface area contributed by atoms with Gasteiger partial charge in [0, 0.05) is 13.0 Å². The molecule has 0 bridgehead atoms. The molecule has 1 unspecified atom stereocenters. The molecule has 5 nitrogen and oxygen atoms in total. The van der Waals surface area contributed by atoms with Gasteiger partial charge in [0.1, 0.15) is 0 Å². The van der Waals surface area contributed by atoms with Gasteiger partial charge in [-0.05, 0) is 29.3 Å². The monoisotopic (exact) mass is 288 g/mol. The average Bonchev–Trinajstić information content (AvgIpc) is 2.55. The molecule has 0 radical (unpaired) electrons. The van der Waals surface area contributed by atoms with Crippen LogP contribution in [0.2, 0.25) is 0 Å². The van der Waals surface area contributed by atoms with Crippen LogP contribution in [0.25, 0.3) is 0 Å². The lowest BCUT2D eigenvalue weighted by molar-refractivity contribution is -0.119. The van der Waals surface area contributed by atoms with Crippen molar-refractivity contribution in [2.45, 2.75) is 39.3 Å². The van der Waals surface area contributed by atoms with Gasteiger partial charge < -0.3 is 11.5 Å². The highest BCUT2D eigenvalue weighted by atomic mass is 79.9. The Morgan fingerprint density at radius 1 is 1.56 bits per heavy atom. The van der Waals surface area contributed by atoms with Gasteiger partial charge in [-0.2, -0.15) is 5.10 Å². The minimum atomic E-state index is -0.664. The fraction of sp³-hybridized carbons (Fsp3) is 0.600. The zero-order chi connectivity index (χ0) is 12.3. The summed E-state index contributed by atoms with van der Waals surface area (Å²) in [6.45, 7) is 4.78. The summed E-state index contributed by atoms with van der Waals surface area (Å²) < 4.78 is 2.79. The van der Waals surface area contributed by atoms with Crippen molar-refractivity contribution < 1.29 is 4.79 Å². The van der Waals surface area contributed by atoms with Crippen molar-refractivity contribution in [2.75, 3.05) is 0 Å². The minimum absolute atomic E-state index is 0.413. The van der Waals surface area contributed by atoms with Gasteiger partial charge >= 0.3 is 0 Å². The fourth-order valence-electron chi connectivity index (χ4n) is 1.52. The van der Waals surface area contributed by atoms with Crippen molar-refractivity contribution in [1.82, 2.24) is 9.78 Å². The van der Waals surface area contributed by atoms with Crippen LogP contribution >= 0.6 is 15.9 Å². The lowest BCUT2D eigenvalue weighted by atomic mass is 10.1. The van der Waals surface area contributed by atoms with Gasteiger partial charge in [0.2, 0.25) is 5.91 Å². The van der Waals surface area contributed by atoms with E-state index in [4.69, 9.17) is 11.5 Å². The summed E-state index contributed by atoms with van der Waals surface area (Å²) in [7, 11) is 0. The Bertz CT molecular complexity index is 388. The Morgan fingerprint density at radius 3 is 2.62 bits per heavy atom. The van der Waals surface area contributed by atoms with Crippen LogP contribution in [0.3, 0.4) is 0 Å². The maximum atomic E-state index is 10.9. The number of aromatic nitrogens is 2. The second-order valence-corrected chi connectivity index (χ2v) is 4.38. The molecule has 0 saturated heterocycles. The van der Waals surface area contributed by atoms with Crippen molar-refractivity contribution in [2.24, 2.45) is 11.5 Å². The molecule has 0 aliphatic carbocycles. The van der Waals surface area contributed by atoms with Crippen LogP contribution in [0.1, 0.15) is 25.2 Å². The number of amides is 1. The Hall–Kier alpha value is -0.880. The predicted octanol–water partition coefficient (Wildman–Crippen LogP) is 0.583. The van der Waals surface area contributed by atoms with Crippen LogP contribution in [0.5, 0.6) is 0 Å². The summed E-state index contributed by atoms with van der Waals surface area (Å²) in [5.41, 5.74) is 12.7. The Labute approximate surface area is 103 Å². The number of primary amides is 1. The smallest absolute Gasteiger partial charge is 0.234 e. The summed E-state index contributed by atoms with van der Waals surface area (Å²) >= 11 is 3.49. The molecule has 1 heterocycles. The first-order valence-corrected chi connectivity index (χ1v) is 6.09. The van der Waals surface area contributed by atoms with Crippen LogP contribution < -0.4 is 11.5 Å². The molecule has 1 amide bonds. The molecule has 16 heavy (non-hydrogen) atoms. The normalized spacial score (nSPS) is 12.8. The zero-order valence-corrected chi connectivity index (χ0v) is 11.1. The van der Waals surface area contributed by atoms with Crippen LogP contribution in [-0.2, 0) is 24.2 Å². The topological polar surface area (TPSA) is 86.9 Å². The summed E-state index contributed by atoms with van der Waals surface area (Å²) in [5.74, 6) is -0.492. The minimum Gasteiger partial charge on any atom is -0.368 e. The molecule has 0 aliphatic heterocycles. The number of halogens is 1. The molecular weight excluding hydrogens is 272 g/mol. The predicted molar refractivity (Wildman–Crippen MR) is 65.9 cm³/mol. The molecule has 1 atom stereocenters. The third-order valence-corrected chi connectivity index (χ3v) is 3.39. The average molecular weight is 289 g/mol. The van der Waals surface area contributed by atoms with E-state index in [0.29, 0.717) is 6.42 Å². The lowest BCUT2D eigenvalue weighted by Crippen LogP contribution is -2.38. The lowest BCUT2D eigenvalue weighted by Gasteiger charge is -2.09. The van der Waals surface area contributed by atoms with Gasteiger partial charge in [-0.25, -0.2) is 0 Å². The summed E-state index contributed by atoms with van der Waals surface area (Å²) in [6.07, 6.45) is 1.25. The maximum absolute atomic E-state index is 10.9. The van der Waals surface area contributed by atoms with Crippen molar-refractivity contribution in [1.29, 1.82) is 0 Å². The quantitative estimate of drug-likeness (QED) is 0.831. The number of rotatable bonds is 5. The second kappa shape index (κ2) is 5.45. The molecule has 1 aromatic heterocycles. The third kappa shape index (κ3) is 2.62. The van der Waals surface area contributed by atoms with E-state index in [0.717, 1.165) is 28.8 Å². The molecule has 1 aromatic rings. The molecule has 0 spiro atoms. The number of carbonyl (C=O) groups excluding carboxylic acids is 1. The highest BCUT2D eigenvalue weighted by Crippen LogP contribution is 2.23. The molecule has 6 heteroatoms. The first-order valence-electron chi connectivity index (χ1n) is 5.30. The van der Waals surface area contributed by atoms with Crippen LogP contribution in [0.15, 0.2) is 4.47 Å². The van der Waals surface area contributed by atoms with E-state index < -0.39 is 11.9 Å². The fourth-order valence-corrected chi connectivity index (χ4v) is 2.25. The van der Waals surface area contributed by atoms with Gasteiger partial charge in [0.15, 0.2) is 0 Å². The Morgan fingerprint density at radius 2 is 2.19 bits per heavy atom. The second-order valence-electron chi connectivity index (χ2n) is 3.59. The van der Waals surface area contributed by atoms with E-state index in [9.17, 15) is 4.79 Å². The molecule has 90 valence electrons. The molecule has 1 rings (SSSR count). The highest BCUT2D eigenvalue weighted by molar-refractivity contribution is 9.10. The molecule has 0 fully saturated rings. The van der Waals surface area contributed by atoms with Crippen LogP contribution in [0.4, 0.5) is 0 Å². The van der Waals surface area contributed by atoms with Gasteiger partial charge in [0.05, 0.1) is 21.9 Å². The number of hydrogen-bond acceptors (Lipinski definition) is 3. The van der Waals surface area contributed by atoms with Gasteiger partial charge in [-0.3, -0.25) is 9.48 Å². The molecule has 4 N–H and O–H groups in total. The van der Waals surface area contributed by atoms with E-state index in [2.05, 4.69) is 21.0 Å². The van der Waals surface area contributed by atoms with Crippen molar-refractivity contribution in [3.63, 3.8) is 0 Å². The van der Waals surface area contributed by atoms with E-state index >= 15 is 0 Å². The number of hydrogen-bond donors (Lipinski definition) is 2. The Kier molecular flexibility index (Phi) is 4.49. The van der Waals surface area contributed by atoms with Crippen molar-refractivity contribution in [3.05, 3.63) is 15.9 Å². The van der Waals surface area contributed by atoms with Gasteiger partial charge in [0.25, 0.3) is 0 Å². The van der Waals surface area contributed by atoms with E-state index in [1.54, 1.807) is 0 Å². The first-order chi connectivity index (χ1) is 7.51. The van der Waals surface area contributed by atoms with Gasteiger partial charge in [-0.1, -0.05) is 6.92 Å². The van der Waals surface area contributed by atoms with Crippen LogP contribution in [-0.4, -0.2) is 21.7 Å². The molecule has 0 saturated carbocycles. The van der Waals surface area contributed by atoms with E-state index in [1.807, 2.05) is 18.5 Å². The summed E-state index contributed by atoms with van der Waals surface area (Å²) in [4.78, 5) is 10.9. The van der Waals surface area contributed by atoms with E-state index in [-0.39, 0.29) is 0 Å². The molecular formula is C10H17BrN4O. The number of aryl methyl sites for hydroxylation is 2. The first kappa shape index (κ1) is 13.2. The standard InChI is InChI=1S/C10H17BrN4O/c1-3-7-9(11)8(15(4-2)14-7)5-6(12)10(13)16/h6H,3-5,12H2,1-2H3,(H2,13,16). The highest BCUT2D eigenvalue weighted by Gasteiger charge is 2.18. The summed E-state index contributed by atoms with van der Waals surface area (Å²) in [6, 6.07) is -0.664. The molecule has 0 aromatic carbocycles. The number of carbonyl (C=O) groups is 1. The summed E-state index contributed by atoms with van der Waals surface area (Å²) in [5, 5.41) is 4.42. The largest absolute Gasteiger partial charge is 0.368 e. The van der Waals surface area contributed by atoms with Crippen LogP contribution in [0, 0.1) is 0 Å².